The molecule has 2 rings (SSSR count). The number of phenols is 1. The van der Waals surface area contributed by atoms with E-state index >= 15 is 0 Å². The van der Waals surface area contributed by atoms with E-state index in [-0.39, 0.29) is 11.4 Å². The molecule has 5 nitrogen and oxygen atoms in total. The van der Waals surface area contributed by atoms with Crippen molar-refractivity contribution in [2.75, 3.05) is 11.1 Å². The zero-order chi connectivity index (χ0) is 13.1. The SMILES string of the molecule is Nc1ccc(C(=O)Nc2cccc(Br)c2O)nc1. The standard InChI is InChI=1S/C12H10BrN3O2/c13-8-2-1-3-9(11(8)17)16-12(18)10-5-4-7(14)6-15-10/h1-6,17H,14H2,(H,16,18). The van der Waals surface area contributed by atoms with Crippen molar-refractivity contribution in [3.8, 4) is 5.75 Å². The predicted molar refractivity (Wildman–Crippen MR) is 72.4 cm³/mol. The lowest BCUT2D eigenvalue weighted by molar-refractivity contribution is 0.102. The maximum atomic E-state index is 11.8. The van der Waals surface area contributed by atoms with Crippen molar-refractivity contribution < 1.29 is 9.90 Å². The lowest BCUT2D eigenvalue weighted by atomic mass is 10.2. The summed E-state index contributed by atoms with van der Waals surface area (Å²) in [6.45, 7) is 0. The van der Waals surface area contributed by atoms with E-state index in [2.05, 4.69) is 26.2 Å². The predicted octanol–water partition coefficient (Wildman–Crippen LogP) is 2.38. The highest BCUT2D eigenvalue weighted by Crippen LogP contribution is 2.31. The van der Waals surface area contributed by atoms with Crippen molar-refractivity contribution in [3.63, 3.8) is 0 Å². The van der Waals surface area contributed by atoms with Gasteiger partial charge in [0.1, 0.15) is 5.69 Å². The number of aromatic nitrogens is 1. The zero-order valence-corrected chi connectivity index (χ0v) is 10.8. The van der Waals surface area contributed by atoms with Crippen LogP contribution in [0, 0.1) is 0 Å². The monoisotopic (exact) mass is 307 g/mol. The minimum atomic E-state index is -0.414. The number of carbonyl (C=O) groups is 1. The Morgan fingerprint density at radius 2 is 2.11 bits per heavy atom. The zero-order valence-electron chi connectivity index (χ0n) is 9.22. The maximum Gasteiger partial charge on any atom is 0.274 e. The molecule has 92 valence electrons. The number of phenolic OH excluding ortho intramolecular Hbond substituents is 1. The van der Waals surface area contributed by atoms with Crippen LogP contribution in [-0.4, -0.2) is 16.0 Å². The maximum absolute atomic E-state index is 11.8. The number of rotatable bonds is 2. The normalized spacial score (nSPS) is 10.1. The van der Waals surface area contributed by atoms with Crippen LogP contribution in [0.3, 0.4) is 0 Å². The molecule has 0 saturated carbocycles. The summed E-state index contributed by atoms with van der Waals surface area (Å²) in [4.78, 5) is 15.7. The van der Waals surface area contributed by atoms with Crippen LogP contribution in [0.2, 0.25) is 0 Å². The fourth-order valence-corrected chi connectivity index (χ4v) is 1.71. The van der Waals surface area contributed by atoms with Crippen molar-refractivity contribution in [1.29, 1.82) is 0 Å². The summed E-state index contributed by atoms with van der Waals surface area (Å²) < 4.78 is 0.505. The smallest absolute Gasteiger partial charge is 0.274 e. The molecule has 0 saturated heterocycles. The van der Waals surface area contributed by atoms with Crippen LogP contribution < -0.4 is 11.1 Å². The molecule has 0 aliphatic carbocycles. The average molecular weight is 308 g/mol. The molecule has 0 aliphatic heterocycles. The second kappa shape index (κ2) is 5.05. The third kappa shape index (κ3) is 2.60. The molecule has 0 fully saturated rings. The number of pyridine rings is 1. The van der Waals surface area contributed by atoms with E-state index in [1.54, 1.807) is 24.3 Å². The number of nitrogens with one attached hydrogen (secondary N) is 1. The van der Waals surface area contributed by atoms with Crippen LogP contribution in [0.25, 0.3) is 0 Å². The number of nitrogens with zero attached hydrogens (tertiary/aromatic N) is 1. The van der Waals surface area contributed by atoms with Crippen LogP contribution in [-0.2, 0) is 0 Å². The molecule has 2 aromatic rings. The van der Waals surface area contributed by atoms with E-state index < -0.39 is 5.91 Å². The molecule has 1 aromatic heterocycles. The number of benzene rings is 1. The van der Waals surface area contributed by atoms with E-state index in [1.165, 1.54) is 12.3 Å². The lowest BCUT2D eigenvalue weighted by Crippen LogP contribution is -2.13. The molecular weight excluding hydrogens is 298 g/mol. The van der Waals surface area contributed by atoms with Gasteiger partial charge in [-0.3, -0.25) is 4.79 Å². The van der Waals surface area contributed by atoms with Gasteiger partial charge >= 0.3 is 0 Å². The number of hydrogen-bond donors (Lipinski definition) is 3. The van der Waals surface area contributed by atoms with E-state index in [0.717, 1.165) is 0 Å². The summed E-state index contributed by atoms with van der Waals surface area (Å²) in [7, 11) is 0. The van der Waals surface area contributed by atoms with Crippen LogP contribution >= 0.6 is 15.9 Å². The number of nitrogen functional groups attached to an aromatic ring is 1. The van der Waals surface area contributed by atoms with Gasteiger partial charge in [-0.2, -0.15) is 0 Å². The molecule has 0 atom stereocenters. The highest BCUT2D eigenvalue weighted by atomic mass is 79.9. The van der Waals surface area contributed by atoms with Gasteiger partial charge in [0.15, 0.2) is 5.75 Å². The summed E-state index contributed by atoms with van der Waals surface area (Å²) in [5.74, 6) is -0.440. The topological polar surface area (TPSA) is 88.2 Å². The first-order valence-corrected chi connectivity index (χ1v) is 5.87. The summed E-state index contributed by atoms with van der Waals surface area (Å²) >= 11 is 3.17. The summed E-state index contributed by atoms with van der Waals surface area (Å²) in [5, 5.41) is 12.3. The number of para-hydroxylation sites is 1. The van der Waals surface area contributed by atoms with Gasteiger partial charge in [-0.1, -0.05) is 6.07 Å². The minimum absolute atomic E-state index is 0.0266. The van der Waals surface area contributed by atoms with E-state index in [0.29, 0.717) is 15.8 Å². The Balaban J connectivity index is 2.21. The number of halogens is 1. The Bertz CT molecular complexity index is 584. The van der Waals surface area contributed by atoms with Crippen molar-refractivity contribution in [1.82, 2.24) is 4.98 Å². The van der Waals surface area contributed by atoms with Crippen LogP contribution in [0.15, 0.2) is 41.0 Å². The largest absolute Gasteiger partial charge is 0.505 e. The Morgan fingerprint density at radius 3 is 2.78 bits per heavy atom. The second-order valence-corrected chi connectivity index (χ2v) is 4.42. The fourth-order valence-electron chi connectivity index (χ4n) is 1.34. The van der Waals surface area contributed by atoms with Gasteiger partial charge in [0.05, 0.1) is 22.0 Å². The third-order valence-electron chi connectivity index (χ3n) is 2.25. The molecular formula is C12H10BrN3O2. The molecule has 0 radical (unpaired) electrons. The molecule has 1 amide bonds. The number of hydrogen-bond acceptors (Lipinski definition) is 4. The Kier molecular flexibility index (Phi) is 3.47. The van der Waals surface area contributed by atoms with Crippen molar-refractivity contribution >= 4 is 33.2 Å². The Labute approximate surface area is 112 Å². The number of amides is 1. The van der Waals surface area contributed by atoms with Gasteiger partial charge in [0.2, 0.25) is 0 Å². The molecule has 4 N–H and O–H groups in total. The van der Waals surface area contributed by atoms with Gasteiger partial charge < -0.3 is 16.2 Å². The van der Waals surface area contributed by atoms with Crippen LogP contribution in [0.1, 0.15) is 10.5 Å². The average Bonchev–Trinajstić information content (AvgIpc) is 2.36. The molecule has 0 aliphatic rings. The van der Waals surface area contributed by atoms with Gasteiger partial charge in [0, 0.05) is 0 Å². The first-order valence-electron chi connectivity index (χ1n) is 5.08. The molecule has 0 unspecified atom stereocenters. The Hall–Kier alpha value is -2.08. The number of nitrogens with two attached hydrogens (primary N) is 1. The summed E-state index contributed by atoms with van der Waals surface area (Å²) in [5.41, 5.74) is 6.50. The second-order valence-electron chi connectivity index (χ2n) is 3.57. The molecule has 1 aromatic carbocycles. The lowest BCUT2D eigenvalue weighted by Gasteiger charge is -2.07. The van der Waals surface area contributed by atoms with Gasteiger partial charge in [-0.15, -0.1) is 0 Å². The minimum Gasteiger partial charge on any atom is -0.505 e. The van der Waals surface area contributed by atoms with E-state index in [4.69, 9.17) is 5.73 Å². The number of carbonyl (C=O) groups excluding carboxylic acids is 1. The Morgan fingerprint density at radius 1 is 1.33 bits per heavy atom. The highest BCUT2D eigenvalue weighted by molar-refractivity contribution is 9.10. The molecule has 6 heteroatoms. The first kappa shape index (κ1) is 12.4. The highest BCUT2D eigenvalue weighted by Gasteiger charge is 2.11. The molecule has 1 heterocycles. The van der Waals surface area contributed by atoms with Crippen molar-refractivity contribution in [3.05, 3.63) is 46.7 Å². The quantitative estimate of drug-likeness (QED) is 0.743. The third-order valence-corrected chi connectivity index (χ3v) is 2.89. The molecule has 0 spiro atoms. The fraction of sp³-hybridized carbons (Fsp3) is 0. The first-order chi connectivity index (χ1) is 8.58. The summed E-state index contributed by atoms with van der Waals surface area (Å²) in [6.07, 6.45) is 1.40. The van der Waals surface area contributed by atoms with Gasteiger partial charge in [0.25, 0.3) is 5.91 Å². The number of anilines is 2. The van der Waals surface area contributed by atoms with Crippen molar-refractivity contribution in [2.24, 2.45) is 0 Å². The van der Waals surface area contributed by atoms with Crippen LogP contribution in [0.4, 0.5) is 11.4 Å². The van der Waals surface area contributed by atoms with Crippen molar-refractivity contribution in [2.45, 2.75) is 0 Å². The van der Waals surface area contributed by atoms with Crippen LogP contribution in [0.5, 0.6) is 5.75 Å². The van der Waals surface area contributed by atoms with E-state index in [9.17, 15) is 9.90 Å². The summed E-state index contributed by atoms with van der Waals surface area (Å²) in [6, 6.07) is 8.07. The molecule has 18 heavy (non-hydrogen) atoms. The molecule has 0 bridgehead atoms. The van der Waals surface area contributed by atoms with Gasteiger partial charge in [-0.05, 0) is 40.2 Å². The van der Waals surface area contributed by atoms with E-state index in [1.807, 2.05) is 0 Å². The number of aromatic hydroxyl groups is 1. The van der Waals surface area contributed by atoms with Gasteiger partial charge in [-0.25, -0.2) is 4.98 Å².